The Labute approximate surface area is 879 Å². The monoisotopic (exact) mass is 1970 g/mol. The van der Waals surface area contributed by atoms with Gasteiger partial charge in [0.05, 0.1) is 0 Å². The van der Waals surface area contributed by atoms with Gasteiger partial charge in [0.2, 0.25) is 0 Å². The van der Waals surface area contributed by atoms with Gasteiger partial charge in [0.1, 0.15) is 51.7 Å². The number of phenolic OH excluding ortho intramolecular Hbond substituents is 9. The van der Waals surface area contributed by atoms with Crippen LogP contribution in [0.4, 0.5) is 0 Å². The summed E-state index contributed by atoms with van der Waals surface area (Å²) in [5, 5.41) is 93.2. The van der Waals surface area contributed by atoms with Crippen LogP contribution in [-0.2, 0) is 0 Å². The molecule has 0 aromatic heterocycles. The average molecular weight is 1970 g/mol. The van der Waals surface area contributed by atoms with Gasteiger partial charge in [0.15, 0.2) is 0 Å². The number of hydrogen-bond donors (Lipinski definition) is 9. The van der Waals surface area contributed by atoms with Gasteiger partial charge >= 0.3 is 0 Å². The van der Waals surface area contributed by atoms with Crippen LogP contribution in [0, 0.1) is 71.0 Å². The maximum atomic E-state index is 10.5. The molecular formula is C136H194O9. The highest BCUT2D eigenvalue weighted by Crippen LogP contribution is 2.58. The molecule has 9 aromatic rings. The lowest BCUT2D eigenvalue weighted by Gasteiger charge is -2.18. The minimum Gasteiger partial charge on any atom is -0.507 e. The molecule has 9 nitrogen and oxygen atoms in total. The molecule has 145 heavy (non-hydrogen) atoms. The van der Waals surface area contributed by atoms with Crippen molar-refractivity contribution in [2.75, 3.05) is 0 Å². The first-order chi connectivity index (χ1) is 69.4. The maximum absolute atomic E-state index is 10.5. The molecule has 9 heteroatoms. The standard InChI is InChI=1S/3C16H22O.4C15H22O.2C14H20O/c3*1-10(12-6-7-12)14-4-3-5-15(16(14)17)11(2)13-8-9-13;4*1-4-10(2)13-6-5-7-14(15(13)16)11(3)12-8-9-12;2*1-9(2)12-5-4-6-13(14(12)15)10(3)11-7-8-11/h3*3-5,10-13,17H,6-9H2,1-2H3;4*5-7,10-12,16H,4,8-9H2,1-3H3;2*4-6,9-11,15H,7-8H2,1-3H3/t10-,11+;2*10-,11-;2*10-,11+;2*10-,11-;2*10-/m.10101010/s1. The number of para-hydroxylation sites is 9. The average Bonchev–Trinajstić information content (AvgIpc) is 1.64. The molecule has 12 aliphatic rings. The first kappa shape index (κ1) is 113. The van der Waals surface area contributed by atoms with Crippen LogP contribution in [0.25, 0.3) is 0 Å². The normalized spacial score (nSPS) is 20.6. The second-order valence-electron chi connectivity index (χ2n) is 49.1. The van der Waals surface area contributed by atoms with E-state index in [1.807, 2.05) is 12.1 Å². The van der Waals surface area contributed by atoms with E-state index >= 15 is 0 Å². The van der Waals surface area contributed by atoms with Crippen LogP contribution in [0.1, 0.15) is 553 Å². The van der Waals surface area contributed by atoms with Gasteiger partial charge in [-0.25, -0.2) is 0 Å². The molecule has 9 aromatic carbocycles. The van der Waals surface area contributed by atoms with Gasteiger partial charge in [-0.1, -0.05) is 330 Å². The third-order valence-corrected chi connectivity index (χ3v) is 37.5. The van der Waals surface area contributed by atoms with Crippen molar-refractivity contribution in [2.24, 2.45) is 71.0 Å². The molecule has 12 aliphatic carbocycles. The van der Waals surface area contributed by atoms with E-state index in [-0.39, 0.29) is 0 Å². The summed E-state index contributed by atoms with van der Waals surface area (Å²) in [5.41, 5.74) is 20.6. The van der Waals surface area contributed by atoms with E-state index in [1.54, 1.807) is 0 Å². The third-order valence-electron chi connectivity index (χ3n) is 37.5. The molecule has 0 unspecified atom stereocenters. The Morgan fingerprint density at radius 3 is 0.317 bits per heavy atom. The molecule has 21 rings (SSSR count). The van der Waals surface area contributed by atoms with E-state index in [4.69, 9.17) is 0 Å². The quantitative estimate of drug-likeness (QED) is 0.0190. The summed E-state index contributed by atoms with van der Waals surface area (Å²) in [7, 11) is 0. The Balaban J connectivity index is 0.000000137. The summed E-state index contributed by atoms with van der Waals surface area (Å²) in [4.78, 5) is 0. The summed E-state index contributed by atoms with van der Waals surface area (Å²) >= 11 is 0. The maximum Gasteiger partial charge on any atom is 0.122 e. The zero-order chi connectivity index (χ0) is 105. The predicted molar refractivity (Wildman–Crippen MR) is 610 cm³/mol. The van der Waals surface area contributed by atoms with Gasteiger partial charge in [-0.15, -0.1) is 0 Å². The largest absolute Gasteiger partial charge is 0.507 e. The van der Waals surface area contributed by atoms with Crippen molar-refractivity contribution in [1.29, 1.82) is 0 Å². The number of phenols is 9. The van der Waals surface area contributed by atoms with Crippen molar-refractivity contribution in [3.8, 4) is 51.7 Å². The molecule has 0 amide bonds. The Morgan fingerprint density at radius 1 is 0.145 bits per heavy atom. The molecule has 0 heterocycles. The molecule has 0 spiro atoms. The number of benzene rings is 9. The fourth-order valence-corrected chi connectivity index (χ4v) is 23.2. The summed E-state index contributed by atoms with van der Waals surface area (Å²) in [6.45, 7) is 52.9. The molecule has 0 aliphatic heterocycles. The Kier molecular flexibility index (Phi) is 40.3. The lowest BCUT2D eigenvalue weighted by atomic mass is 9.88. The van der Waals surface area contributed by atoms with Crippen LogP contribution in [0.3, 0.4) is 0 Å². The number of hydrogen-bond acceptors (Lipinski definition) is 9. The van der Waals surface area contributed by atoms with E-state index < -0.39 is 0 Å². The lowest BCUT2D eigenvalue weighted by molar-refractivity contribution is 0.443. The van der Waals surface area contributed by atoms with Crippen molar-refractivity contribution >= 4 is 0 Å². The van der Waals surface area contributed by atoms with Crippen molar-refractivity contribution < 1.29 is 46.0 Å². The predicted octanol–water partition coefficient (Wildman–Crippen LogP) is 39.0. The molecule has 0 saturated heterocycles. The molecular weight excluding hydrogens is 1780 g/mol. The first-order valence-corrected chi connectivity index (χ1v) is 58.7. The van der Waals surface area contributed by atoms with Crippen molar-refractivity contribution in [3.63, 3.8) is 0 Å². The zero-order valence-electron chi connectivity index (χ0n) is 94.2. The van der Waals surface area contributed by atoms with Crippen LogP contribution in [0.15, 0.2) is 164 Å². The Morgan fingerprint density at radius 2 is 0.228 bits per heavy atom. The fraction of sp³-hybridized carbons (Fsp3) is 0.603. The van der Waals surface area contributed by atoms with Crippen LogP contribution in [0.2, 0.25) is 0 Å². The highest BCUT2D eigenvalue weighted by Gasteiger charge is 2.42. The van der Waals surface area contributed by atoms with Crippen LogP contribution in [-0.4, -0.2) is 46.0 Å². The van der Waals surface area contributed by atoms with Gasteiger partial charge < -0.3 is 46.0 Å². The van der Waals surface area contributed by atoms with Crippen LogP contribution in [0.5, 0.6) is 51.7 Å². The highest BCUT2D eigenvalue weighted by atomic mass is 16.3. The zero-order valence-corrected chi connectivity index (χ0v) is 94.2. The van der Waals surface area contributed by atoms with Crippen LogP contribution < -0.4 is 0 Å². The van der Waals surface area contributed by atoms with Gasteiger partial charge in [0.25, 0.3) is 0 Å². The topological polar surface area (TPSA) is 182 Å². The molecule has 0 radical (unpaired) electrons. The van der Waals surface area contributed by atoms with Crippen LogP contribution >= 0.6 is 0 Å². The van der Waals surface area contributed by atoms with Crippen molar-refractivity contribution in [2.45, 2.75) is 452 Å². The summed E-state index contributed by atoms with van der Waals surface area (Å²) in [6, 6.07) is 56.4. The van der Waals surface area contributed by atoms with Gasteiger partial charge in [-0.2, -0.15) is 0 Å². The number of aromatic hydroxyl groups is 9. The molecule has 0 bridgehead atoms. The Bertz CT molecular complexity index is 4900. The summed E-state index contributed by atoms with van der Waals surface area (Å²) in [5.74, 6) is 23.6. The fourth-order valence-electron chi connectivity index (χ4n) is 23.2. The number of rotatable bonds is 34. The van der Waals surface area contributed by atoms with Crippen molar-refractivity contribution in [1.82, 2.24) is 0 Å². The Hall–Kier alpha value is -8.82. The second kappa shape index (κ2) is 51.6. The minimum atomic E-state index is 0.399. The van der Waals surface area contributed by atoms with E-state index in [0.717, 1.165) is 163 Å². The van der Waals surface area contributed by atoms with Gasteiger partial charge in [-0.05, 0) is 457 Å². The third kappa shape index (κ3) is 30.3. The molecule has 16 atom stereocenters. The van der Waals surface area contributed by atoms with E-state index in [0.29, 0.717) is 158 Å². The molecule has 12 saturated carbocycles. The molecule has 9 N–H and O–H groups in total. The highest BCUT2D eigenvalue weighted by molar-refractivity contribution is 5.53. The van der Waals surface area contributed by atoms with Gasteiger partial charge in [-0.3, -0.25) is 0 Å². The summed E-state index contributed by atoms with van der Waals surface area (Å²) < 4.78 is 0. The van der Waals surface area contributed by atoms with Crippen molar-refractivity contribution in [3.05, 3.63) is 264 Å². The van der Waals surface area contributed by atoms with Gasteiger partial charge in [0, 0.05) is 0 Å². The van der Waals surface area contributed by atoms with E-state index in [9.17, 15) is 46.0 Å². The second-order valence-corrected chi connectivity index (χ2v) is 49.1. The molecule has 792 valence electrons. The SMILES string of the molecule is CC(C)c1cccc([C@@H](C)C2CC2)c1O.CC(C)c1cccc([C@H](C)C2CC2)c1O.CC[C@@H](C)c1cccc([C@@H](C)C2CC2)c1O.CC[C@@H](C)c1cccc([C@H](C)C2CC2)c1O.CC[C@H](C)c1cccc([C@@H](C)C2CC2)c1O.CC[C@H](C)c1cccc([C@H](C)C2CC2)c1O.C[C@@H](c1cccc([C@H](C)C2CC2)c1O)C1CC1.C[C@H](c1cccc([C@@H](C)C2CC2)c1O)C1CC1.C[C@H](c1cccc([C@H](C)C2CC2)c1O)C1CC1. The summed E-state index contributed by atoms with van der Waals surface area (Å²) in [6.07, 6.45) is 36.3. The van der Waals surface area contributed by atoms with E-state index in [2.05, 4.69) is 318 Å². The smallest absolute Gasteiger partial charge is 0.122 e. The molecule has 12 fully saturated rings. The van der Waals surface area contributed by atoms with E-state index in [1.165, 1.54) is 187 Å². The lowest BCUT2D eigenvalue weighted by Crippen LogP contribution is -2.02. The minimum absolute atomic E-state index is 0.399. The first-order valence-electron chi connectivity index (χ1n) is 58.7.